The quantitative estimate of drug-likeness (QED) is 0.313. The standard InChI is InChI=1S/C28H27N5O2S/c1-3-20(21-12-5-4-6-13-21)17-29-25(34)18-36-28-31-30-27-32(23-15-9-7-11-19(23)2)26(35)22-14-8-10-16-24(22)33(27)28/h4-16,20H,3,17-18H2,1-2H3,(H,29,34). The first-order valence-electron chi connectivity index (χ1n) is 12.0. The largest absolute Gasteiger partial charge is 0.355 e. The molecule has 0 fully saturated rings. The molecule has 0 bridgehead atoms. The van der Waals surface area contributed by atoms with Gasteiger partial charge in [0, 0.05) is 12.5 Å². The summed E-state index contributed by atoms with van der Waals surface area (Å²) < 4.78 is 3.46. The highest BCUT2D eigenvalue weighted by molar-refractivity contribution is 7.99. The van der Waals surface area contributed by atoms with Gasteiger partial charge in [-0.15, -0.1) is 10.2 Å². The summed E-state index contributed by atoms with van der Waals surface area (Å²) in [6.45, 7) is 4.67. The third-order valence-electron chi connectivity index (χ3n) is 6.39. The number of benzene rings is 3. The number of nitrogens with one attached hydrogen (secondary N) is 1. The maximum atomic E-state index is 13.5. The molecule has 7 nitrogen and oxygen atoms in total. The van der Waals surface area contributed by atoms with Gasteiger partial charge in [0.25, 0.3) is 5.56 Å². The van der Waals surface area contributed by atoms with Crippen molar-refractivity contribution in [2.75, 3.05) is 12.3 Å². The molecule has 182 valence electrons. The Bertz CT molecular complexity index is 1590. The Labute approximate surface area is 213 Å². The average molecular weight is 498 g/mol. The summed E-state index contributed by atoms with van der Waals surface area (Å²) in [4.78, 5) is 26.2. The minimum absolute atomic E-state index is 0.0670. The van der Waals surface area contributed by atoms with Gasteiger partial charge < -0.3 is 5.32 Å². The van der Waals surface area contributed by atoms with Gasteiger partial charge in [0.15, 0.2) is 5.16 Å². The first-order chi connectivity index (χ1) is 17.6. The fraction of sp³-hybridized carbons (Fsp3) is 0.214. The fourth-order valence-corrected chi connectivity index (χ4v) is 5.21. The van der Waals surface area contributed by atoms with Crippen LogP contribution in [0, 0.1) is 6.92 Å². The smallest absolute Gasteiger partial charge is 0.267 e. The maximum absolute atomic E-state index is 13.5. The summed E-state index contributed by atoms with van der Waals surface area (Å²) in [6, 6.07) is 25.3. The van der Waals surface area contributed by atoms with Crippen LogP contribution in [0.5, 0.6) is 0 Å². The molecule has 5 aromatic rings. The molecule has 1 unspecified atom stereocenters. The van der Waals surface area contributed by atoms with E-state index in [9.17, 15) is 9.59 Å². The van der Waals surface area contributed by atoms with E-state index < -0.39 is 0 Å². The number of hydrogen-bond acceptors (Lipinski definition) is 5. The normalized spacial score (nSPS) is 12.2. The van der Waals surface area contributed by atoms with Crippen molar-refractivity contribution < 1.29 is 4.79 Å². The van der Waals surface area contributed by atoms with Crippen LogP contribution in [-0.2, 0) is 4.79 Å². The fourth-order valence-electron chi connectivity index (χ4n) is 4.44. The number of carbonyl (C=O) groups excluding carboxylic acids is 1. The average Bonchev–Trinajstić information content (AvgIpc) is 3.33. The molecule has 1 N–H and O–H groups in total. The van der Waals surface area contributed by atoms with Crippen LogP contribution in [0.2, 0.25) is 0 Å². The molecule has 2 aromatic heterocycles. The predicted molar refractivity (Wildman–Crippen MR) is 144 cm³/mol. The van der Waals surface area contributed by atoms with E-state index >= 15 is 0 Å². The second kappa shape index (κ2) is 10.4. The lowest BCUT2D eigenvalue weighted by atomic mass is 9.96. The molecular weight excluding hydrogens is 470 g/mol. The van der Waals surface area contributed by atoms with Crippen molar-refractivity contribution in [1.82, 2.24) is 24.5 Å². The van der Waals surface area contributed by atoms with Gasteiger partial charge >= 0.3 is 0 Å². The molecule has 0 aliphatic rings. The molecule has 36 heavy (non-hydrogen) atoms. The van der Waals surface area contributed by atoms with Crippen molar-refractivity contribution in [3.05, 3.63) is 100 Å². The highest BCUT2D eigenvalue weighted by Gasteiger charge is 2.19. The summed E-state index contributed by atoms with van der Waals surface area (Å²) >= 11 is 1.31. The molecule has 0 aliphatic carbocycles. The van der Waals surface area contributed by atoms with E-state index in [0.717, 1.165) is 17.7 Å². The van der Waals surface area contributed by atoms with E-state index in [1.807, 2.05) is 78.1 Å². The van der Waals surface area contributed by atoms with Crippen LogP contribution in [0.1, 0.15) is 30.4 Å². The Morgan fingerprint density at radius 3 is 2.47 bits per heavy atom. The van der Waals surface area contributed by atoms with Gasteiger partial charge in [-0.25, -0.2) is 4.57 Å². The molecule has 0 saturated heterocycles. The topological polar surface area (TPSA) is 81.3 Å². The number of thioether (sulfide) groups is 1. The number of hydrogen-bond donors (Lipinski definition) is 1. The van der Waals surface area contributed by atoms with Gasteiger partial charge in [0.1, 0.15) is 0 Å². The molecule has 8 heteroatoms. The number of aryl methyl sites for hydroxylation is 1. The number of para-hydroxylation sites is 2. The first-order valence-corrected chi connectivity index (χ1v) is 13.0. The first kappa shape index (κ1) is 23.8. The van der Waals surface area contributed by atoms with E-state index in [0.29, 0.717) is 28.4 Å². The lowest BCUT2D eigenvalue weighted by Gasteiger charge is -2.16. The van der Waals surface area contributed by atoms with Crippen molar-refractivity contribution in [3.8, 4) is 5.69 Å². The molecule has 3 aromatic carbocycles. The van der Waals surface area contributed by atoms with Crippen LogP contribution in [0.25, 0.3) is 22.4 Å². The molecule has 0 aliphatic heterocycles. The van der Waals surface area contributed by atoms with Gasteiger partial charge in [-0.05, 0) is 42.7 Å². The Balaban J connectivity index is 1.43. The zero-order valence-electron chi connectivity index (χ0n) is 20.2. The van der Waals surface area contributed by atoms with Crippen molar-refractivity contribution in [2.24, 2.45) is 0 Å². The zero-order valence-corrected chi connectivity index (χ0v) is 21.0. The second-order valence-electron chi connectivity index (χ2n) is 8.67. The van der Waals surface area contributed by atoms with Crippen LogP contribution in [0.15, 0.2) is 88.8 Å². The third-order valence-corrected chi connectivity index (χ3v) is 7.32. The lowest BCUT2D eigenvalue weighted by molar-refractivity contribution is -0.118. The monoisotopic (exact) mass is 497 g/mol. The molecule has 5 rings (SSSR count). The Hall–Kier alpha value is -3.91. The Morgan fingerprint density at radius 1 is 0.972 bits per heavy atom. The minimum Gasteiger partial charge on any atom is -0.355 e. The maximum Gasteiger partial charge on any atom is 0.267 e. The zero-order chi connectivity index (χ0) is 25.1. The molecule has 1 atom stereocenters. The number of aromatic nitrogens is 4. The number of nitrogens with zero attached hydrogens (tertiary/aromatic N) is 4. The van der Waals surface area contributed by atoms with Crippen LogP contribution >= 0.6 is 11.8 Å². The number of fused-ring (bicyclic) bond motifs is 3. The lowest BCUT2D eigenvalue weighted by Crippen LogP contribution is -2.29. The summed E-state index contributed by atoms with van der Waals surface area (Å²) in [6.07, 6.45) is 0.939. The molecule has 0 spiro atoms. The van der Waals surface area contributed by atoms with Gasteiger partial charge in [-0.1, -0.05) is 79.3 Å². The van der Waals surface area contributed by atoms with E-state index in [2.05, 4.69) is 34.6 Å². The van der Waals surface area contributed by atoms with Crippen molar-refractivity contribution in [2.45, 2.75) is 31.3 Å². The van der Waals surface area contributed by atoms with Gasteiger partial charge in [-0.2, -0.15) is 0 Å². The van der Waals surface area contributed by atoms with Gasteiger partial charge in [0.05, 0.1) is 22.3 Å². The number of carbonyl (C=O) groups is 1. The van der Waals surface area contributed by atoms with Crippen LogP contribution in [0.3, 0.4) is 0 Å². The SMILES string of the molecule is CCC(CNC(=O)CSc1nnc2n(-c3ccccc3C)c(=O)c3ccccc3n12)c1ccccc1. The summed E-state index contributed by atoms with van der Waals surface area (Å²) in [7, 11) is 0. The molecule has 1 amide bonds. The van der Waals surface area contributed by atoms with Gasteiger partial charge in [0.2, 0.25) is 11.7 Å². The summed E-state index contributed by atoms with van der Waals surface area (Å²) in [5.41, 5.74) is 3.49. The van der Waals surface area contributed by atoms with Crippen molar-refractivity contribution in [1.29, 1.82) is 0 Å². The van der Waals surface area contributed by atoms with Crippen LogP contribution < -0.4 is 10.9 Å². The molecular formula is C28H27N5O2S. The molecule has 0 radical (unpaired) electrons. The summed E-state index contributed by atoms with van der Waals surface area (Å²) in [5, 5.41) is 12.9. The number of amides is 1. The minimum atomic E-state index is -0.152. The van der Waals surface area contributed by atoms with E-state index in [1.165, 1.54) is 17.3 Å². The molecule has 2 heterocycles. The highest BCUT2D eigenvalue weighted by atomic mass is 32.2. The highest BCUT2D eigenvalue weighted by Crippen LogP contribution is 2.24. The summed E-state index contributed by atoms with van der Waals surface area (Å²) in [5.74, 6) is 0.819. The second-order valence-corrected chi connectivity index (χ2v) is 9.61. The van der Waals surface area contributed by atoms with E-state index in [4.69, 9.17) is 0 Å². The Morgan fingerprint density at radius 2 is 1.69 bits per heavy atom. The third kappa shape index (κ3) is 4.52. The Kier molecular flexibility index (Phi) is 6.86. The predicted octanol–water partition coefficient (Wildman–Crippen LogP) is 4.74. The van der Waals surface area contributed by atoms with Crippen molar-refractivity contribution in [3.63, 3.8) is 0 Å². The molecule has 0 saturated carbocycles. The van der Waals surface area contributed by atoms with Gasteiger partial charge in [-0.3, -0.25) is 14.0 Å². The van der Waals surface area contributed by atoms with Crippen LogP contribution in [0.4, 0.5) is 0 Å². The number of rotatable bonds is 8. The van der Waals surface area contributed by atoms with Crippen LogP contribution in [-0.4, -0.2) is 37.4 Å². The van der Waals surface area contributed by atoms with E-state index in [-0.39, 0.29) is 23.1 Å². The van der Waals surface area contributed by atoms with Crippen molar-refractivity contribution >= 4 is 34.3 Å². The van der Waals surface area contributed by atoms with E-state index in [1.54, 1.807) is 4.57 Å².